The van der Waals surface area contributed by atoms with Crippen LogP contribution in [0.3, 0.4) is 0 Å². The minimum absolute atomic E-state index is 0.0718. The number of carbonyl (C=O) groups excluding carboxylic acids is 1. The summed E-state index contributed by atoms with van der Waals surface area (Å²) < 4.78 is 0. The molecule has 0 aromatic heterocycles. The maximum Gasteiger partial charge on any atom is 0.314 e. The highest BCUT2D eigenvalue weighted by atomic mass is 35.5. The Bertz CT molecular complexity index is 416. The molecule has 110 valence electrons. The lowest BCUT2D eigenvalue weighted by Gasteiger charge is -2.22. The van der Waals surface area contributed by atoms with E-state index in [1.807, 2.05) is 24.3 Å². The van der Waals surface area contributed by atoms with Gasteiger partial charge in [-0.05, 0) is 56.0 Å². The Morgan fingerprint density at radius 2 is 1.90 bits per heavy atom. The van der Waals surface area contributed by atoms with Crippen LogP contribution in [0.5, 0.6) is 0 Å². The fourth-order valence-electron chi connectivity index (χ4n) is 2.36. The summed E-state index contributed by atoms with van der Waals surface area (Å²) in [7, 11) is 0. The number of urea groups is 1. The summed E-state index contributed by atoms with van der Waals surface area (Å²) >= 11 is 5.83. The van der Waals surface area contributed by atoms with Crippen molar-refractivity contribution in [1.82, 2.24) is 16.0 Å². The minimum Gasteiger partial charge on any atom is -0.338 e. The molecule has 1 aromatic carbocycles. The molecule has 4 nitrogen and oxygen atoms in total. The molecule has 1 aliphatic heterocycles. The van der Waals surface area contributed by atoms with Crippen molar-refractivity contribution in [3.8, 4) is 0 Å². The molecule has 0 bridgehead atoms. The SMILES string of the molecule is O=C(NCCc1ccc(Cl)cc1)NCC1CCNCC1. The summed E-state index contributed by atoms with van der Waals surface area (Å²) in [5, 5.41) is 9.89. The zero-order valence-corrected chi connectivity index (χ0v) is 12.4. The van der Waals surface area contributed by atoms with Crippen LogP contribution < -0.4 is 16.0 Å². The van der Waals surface area contributed by atoms with Crippen molar-refractivity contribution in [3.63, 3.8) is 0 Å². The van der Waals surface area contributed by atoms with Crippen molar-refractivity contribution >= 4 is 17.6 Å². The normalized spacial score (nSPS) is 15.8. The van der Waals surface area contributed by atoms with Crippen molar-refractivity contribution in [2.75, 3.05) is 26.2 Å². The third-order valence-corrected chi connectivity index (χ3v) is 3.87. The van der Waals surface area contributed by atoms with Gasteiger partial charge in [-0.25, -0.2) is 4.79 Å². The van der Waals surface area contributed by atoms with Crippen molar-refractivity contribution in [3.05, 3.63) is 34.9 Å². The molecule has 2 rings (SSSR count). The topological polar surface area (TPSA) is 53.2 Å². The molecule has 0 unspecified atom stereocenters. The van der Waals surface area contributed by atoms with E-state index in [9.17, 15) is 4.79 Å². The first-order chi connectivity index (χ1) is 9.74. The van der Waals surface area contributed by atoms with E-state index in [4.69, 9.17) is 11.6 Å². The number of hydrogen-bond donors (Lipinski definition) is 3. The first-order valence-electron chi connectivity index (χ1n) is 7.21. The number of benzene rings is 1. The van der Waals surface area contributed by atoms with Gasteiger partial charge in [0.15, 0.2) is 0 Å². The highest BCUT2D eigenvalue weighted by Gasteiger charge is 2.13. The summed E-state index contributed by atoms with van der Waals surface area (Å²) in [6.45, 7) is 3.53. The monoisotopic (exact) mass is 295 g/mol. The van der Waals surface area contributed by atoms with Gasteiger partial charge < -0.3 is 16.0 Å². The highest BCUT2D eigenvalue weighted by Crippen LogP contribution is 2.10. The molecule has 1 aliphatic rings. The fraction of sp³-hybridized carbons (Fsp3) is 0.533. The Morgan fingerprint density at radius 1 is 1.20 bits per heavy atom. The maximum atomic E-state index is 11.7. The third kappa shape index (κ3) is 5.39. The standard InChI is InChI=1S/C15H22ClN3O/c16-14-3-1-12(2-4-14)7-10-18-15(20)19-11-13-5-8-17-9-6-13/h1-4,13,17H,5-11H2,(H2,18,19,20). The molecule has 0 radical (unpaired) electrons. The van der Waals surface area contributed by atoms with Crippen LogP contribution in [0.25, 0.3) is 0 Å². The lowest BCUT2D eigenvalue weighted by molar-refractivity contribution is 0.237. The molecule has 0 atom stereocenters. The second-order valence-electron chi connectivity index (χ2n) is 5.21. The van der Waals surface area contributed by atoms with Crippen molar-refractivity contribution in [1.29, 1.82) is 0 Å². The average molecular weight is 296 g/mol. The van der Waals surface area contributed by atoms with E-state index in [0.29, 0.717) is 12.5 Å². The summed E-state index contributed by atoms with van der Waals surface area (Å²) in [5.74, 6) is 0.610. The number of carbonyl (C=O) groups is 1. The summed E-state index contributed by atoms with van der Waals surface area (Å²) in [6, 6.07) is 7.63. The molecular weight excluding hydrogens is 274 g/mol. The Morgan fingerprint density at radius 3 is 2.60 bits per heavy atom. The molecule has 1 heterocycles. The van der Waals surface area contributed by atoms with Crippen LogP contribution >= 0.6 is 11.6 Å². The largest absolute Gasteiger partial charge is 0.338 e. The van der Waals surface area contributed by atoms with Crippen LogP contribution in [0.2, 0.25) is 5.02 Å². The molecular formula is C15H22ClN3O. The second-order valence-corrected chi connectivity index (χ2v) is 5.64. The van der Waals surface area contributed by atoms with E-state index in [1.165, 1.54) is 5.56 Å². The van der Waals surface area contributed by atoms with Gasteiger partial charge in [-0.2, -0.15) is 0 Å². The highest BCUT2D eigenvalue weighted by molar-refractivity contribution is 6.30. The third-order valence-electron chi connectivity index (χ3n) is 3.62. The van der Waals surface area contributed by atoms with Gasteiger partial charge in [0.2, 0.25) is 0 Å². The molecule has 1 fully saturated rings. The van der Waals surface area contributed by atoms with Crippen LogP contribution in [0.1, 0.15) is 18.4 Å². The molecule has 1 saturated heterocycles. The zero-order chi connectivity index (χ0) is 14.2. The first-order valence-corrected chi connectivity index (χ1v) is 7.58. The van der Waals surface area contributed by atoms with Crippen LogP contribution in [0.15, 0.2) is 24.3 Å². The summed E-state index contributed by atoms with van der Waals surface area (Å²) in [6.07, 6.45) is 3.11. The van der Waals surface area contributed by atoms with E-state index in [0.717, 1.165) is 43.9 Å². The van der Waals surface area contributed by atoms with Crippen LogP contribution in [-0.4, -0.2) is 32.2 Å². The molecule has 0 aliphatic carbocycles. The maximum absolute atomic E-state index is 11.7. The predicted octanol–water partition coefficient (Wildman–Crippen LogP) is 2.18. The lowest BCUT2D eigenvalue weighted by Crippen LogP contribution is -2.41. The van der Waals surface area contributed by atoms with Crippen molar-refractivity contribution < 1.29 is 4.79 Å². The van der Waals surface area contributed by atoms with Gasteiger partial charge in [-0.15, -0.1) is 0 Å². The molecule has 1 aromatic rings. The zero-order valence-electron chi connectivity index (χ0n) is 11.6. The number of hydrogen-bond acceptors (Lipinski definition) is 2. The Hall–Kier alpha value is -1.26. The lowest BCUT2D eigenvalue weighted by atomic mass is 9.98. The van der Waals surface area contributed by atoms with Gasteiger partial charge in [0.05, 0.1) is 0 Å². The van der Waals surface area contributed by atoms with Crippen LogP contribution in [0.4, 0.5) is 4.79 Å². The quantitative estimate of drug-likeness (QED) is 0.780. The molecule has 20 heavy (non-hydrogen) atoms. The van der Waals surface area contributed by atoms with Crippen LogP contribution in [-0.2, 0) is 6.42 Å². The van der Waals surface area contributed by atoms with E-state index in [2.05, 4.69) is 16.0 Å². The number of rotatable bonds is 5. The number of halogens is 1. The Kier molecular flexibility index (Phi) is 6.15. The average Bonchev–Trinajstić information content (AvgIpc) is 2.48. The van der Waals surface area contributed by atoms with E-state index in [-0.39, 0.29) is 6.03 Å². The summed E-state index contributed by atoms with van der Waals surface area (Å²) in [4.78, 5) is 11.7. The summed E-state index contributed by atoms with van der Waals surface area (Å²) in [5.41, 5.74) is 1.17. The smallest absolute Gasteiger partial charge is 0.314 e. The predicted molar refractivity (Wildman–Crippen MR) is 82.2 cm³/mol. The van der Waals surface area contributed by atoms with E-state index < -0.39 is 0 Å². The molecule has 2 amide bonds. The number of amides is 2. The van der Waals surface area contributed by atoms with E-state index >= 15 is 0 Å². The Balaban J connectivity index is 1.58. The van der Waals surface area contributed by atoms with Gasteiger partial charge in [0, 0.05) is 18.1 Å². The molecule has 0 spiro atoms. The first kappa shape index (κ1) is 15.1. The minimum atomic E-state index is -0.0718. The molecule has 5 heteroatoms. The second kappa shape index (κ2) is 8.12. The van der Waals surface area contributed by atoms with Gasteiger partial charge in [0.1, 0.15) is 0 Å². The van der Waals surface area contributed by atoms with Crippen molar-refractivity contribution in [2.45, 2.75) is 19.3 Å². The molecule has 0 saturated carbocycles. The van der Waals surface area contributed by atoms with E-state index in [1.54, 1.807) is 0 Å². The van der Waals surface area contributed by atoms with Gasteiger partial charge in [-0.1, -0.05) is 23.7 Å². The number of nitrogens with one attached hydrogen (secondary N) is 3. The van der Waals surface area contributed by atoms with Gasteiger partial charge in [-0.3, -0.25) is 0 Å². The van der Waals surface area contributed by atoms with Gasteiger partial charge in [0.25, 0.3) is 0 Å². The van der Waals surface area contributed by atoms with Gasteiger partial charge >= 0.3 is 6.03 Å². The molecule has 3 N–H and O–H groups in total. The number of piperidine rings is 1. The van der Waals surface area contributed by atoms with Crippen LogP contribution in [0, 0.1) is 5.92 Å². The fourth-order valence-corrected chi connectivity index (χ4v) is 2.48. The van der Waals surface area contributed by atoms with Crippen molar-refractivity contribution in [2.24, 2.45) is 5.92 Å². The Labute approximate surface area is 125 Å².